The number of hydrogen-bond donors (Lipinski definition) is 8. The van der Waals surface area contributed by atoms with E-state index in [0.29, 0.717) is 32.2 Å². The second-order valence-electron chi connectivity index (χ2n) is 22.8. The quantitative estimate of drug-likeness (QED) is 0.0262. The first-order valence-corrected chi connectivity index (χ1v) is 32.4. The molecule has 0 spiro atoms. The number of phosphoric acid groups is 2. The Labute approximate surface area is 511 Å². The van der Waals surface area contributed by atoms with Crippen molar-refractivity contribution in [1.82, 2.24) is 41.3 Å². The predicted octanol–water partition coefficient (Wildman–Crippen LogP) is 1.55. The number of cyclic esters (lactones) is 1. The fraction of sp³-hybridized carbons (Fsp3) is 0.750. The van der Waals surface area contributed by atoms with Gasteiger partial charge in [0.15, 0.2) is 0 Å². The number of ether oxygens (including phenoxy) is 5. The van der Waals surface area contributed by atoms with E-state index in [-0.39, 0.29) is 93.4 Å². The van der Waals surface area contributed by atoms with Crippen LogP contribution in [0, 0.1) is 23.7 Å². The first-order chi connectivity index (χ1) is 40.9. The zero-order valence-corrected chi connectivity index (χ0v) is 54.4. The number of methoxy groups -OCH3 is 2. The molecule has 2 aliphatic rings. The molecule has 496 valence electrons. The molecule has 87 heavy (non-hydrogen) atoms. The topological polar surface area (TPSA) is 381 Å². The molecule has 2 unspecified atom stereocenters. The Kier molecular flexibility index (Phi) is 32.6. The van der Waals surface area contributed by atoms with Gasteiger partial charge in [-0.05, 0) is 57.2 Å². The summed E-state index contributed by atoms with van der Waals surface area (Å²) in [5.74, 6) is -5.14. The van der Waals surface area contributed by atoms with Crippen molar-refractivity contribution >= 4 is 63.0 Å². The average Bonchev–Trinajstić information content (AvgIpc) is 2.74. The first kappa shape index (κ1) is 76.2. The highest BCUT2D eigenvalue weighted by Crippen LogP contribution is 2.62. The molecular weight excluding hydrogens is 1180 g/mol. The molecule has 0 aromatic heterocycles. The molecule has 2 saturated heterocycles. The lowest BCUT2D eigenvalue weighted by Crippen LogP contribution is -2.59. The molecule has 9 N–H and O–H groups in total. The lowest BCUT2D eigenvalue weighted by molar-refractivity contribution is -0.148. The Hall–Kier alpha value is -5.00. The number of carbonyl (C=O) groups excluding carboxylic acids is 8. The van der Waals surface area contributed by atoms with Crippen molar-refractivity contribution in [2.45, 2.75) is 155 Å². The van der Waals surface area contributed by atoms with E-state index < -0.39 is 125 Å². The fourth-order valence-electron chi connectivity index (χ4n) is 10.6. The van der Waals surface area contributed by atoms with Crippen LogP contribution in [0.1, 0.15) is 106 Å². The molecule has 7 amide bonds. The molecule has 31 heteroatoms. The van der Waals surface area contributed by atoms with E-state index in [1.54, 1.807) is 54.1 Å². The fourth-order valence-corrected chi connectivity index (χ4v) is 12.9. The normalized spacial score (nSPS) is 20.1. The maximum absolute atomic E-state index is 14.5. The number of esters is 1. The third kappa shape index (κ3) is 24.7. The highest BCUT2D eigenvalue weighted by molar-refractivity contribution is 7.61. The number of carbonyl (C=O) groups is 8. The SMILES string of the molecule is CC[C@H](C)[C@@H]([C@@H](CC(=O)N1CCC[C@H]1[C@H](OC)[C@@H](C)C(=O)N[C@H](C)[C@@H](OP(=O)(O)OP(=O)(O)OCCNC(=O)COCCOCCNC(=O)[C@@H](N)CC(=O)N[C@H]1CCOC1=O)c1ccccc1)OC)N(C)C(=O)[C@@H](NC(=O)[C@H](C(C)C)N(C)C)C(C)C. The summed E-state index contributed by atoms with van der Waals surface area (Å²) in [6, 6.07) is 2.48. The van der Waals surface area contributed by atoms with E-state index in [1.165, 1.54) is 21.1 Å². The van der Waals surface area contributed by atoms with E-state index in [9.17, 15) is 57.3 Å². The van der Waals surface area contributed by atoms with E-state index in [0.717, 1.165) is 0 Å². The summed E-state index contributed by atoms with van der Waals surface area (Å²) in [6.07, 6.45) is -1.44. The van der Waals surface area contributed by atoms with Crippen LogP contribution >= 0.6 is 15.6 Å². The highest BCUT2D eigenvalue weighted by Gasteiger charge is 2.45. The smallest absolute Gasteiger partial charge is 0.464 e. The number of amides is 7. The second kappa shape index (κ2) is 37.2. The zero-order valence-electron chi connectivity index (χ0n) is 52.6. The number of phosphoric ester groups is 2. The summed E-state index contributed by atoms with van der Waals surface area (Å²) >= 11 is 0. The molecule has 1 aromatic carbocycles. The van der Waals surface area contributed by atoms with Crippen molar-refractivity contribution in [2.24, 2.45) is 29.4 Å². The van der Waals surface area contributed by atoms with Crippen molar-refractivity contribution in [3.05, 3.63) is 35.9 Å². The molecule has 0 aliphatic carbocycles. The Morgan fingerprint density at radius 2 is 1.45 bits per heavy atom. The number of likely N-dealkylation sites (N-methyl/N-ethyl adjacent to an activating group) is 2. The zero-order chi connectivity index (χ0) is 65.3. The molecule has 2 heterocycles. The first-order valence-electron chi connectivity index (χ1n) is 29.5. The number of nitrogens with two attached hydrogens (primary N) is 1. The Bertz CT molecular complexity index is 2480. The van der Waals surface area contributed by atoms with Gasteiger partial charge in [-0.3, -0.25) is 47.5 Å². The number of nitrogens with one attached hydrogen (secondary N) is 5. The van der Waals surface area contributed by atoms with E-state index >= 15 is 0 Å². The predicted molar refractivity (Wildman–Crippen MR) is 318 cm³/mol. The number of rotatable bonds is 40. The number of hydrogen-bond acceptors (Lipinski definition) is 20. The minimum Gasteiger partial charge on any atom is -0.464 e. The minimum atomic E-state index is -5.49. The van der Waals surface area contributed by atoms with Gasteiger partial charge in [0, 0.05) is 47.3 Å². The van der Waals surface area contributed by atoms with Crippen LogP contribution < -0.4 is 32.3 Å². The van der Waals surface area contributed by atoms with Crippen LogP contribution in [0.2, 0.25) is 0 Å². The molecule has 14 atom stereocenters. The Balaban J connectivity index is 1.54. The average molecular weight is 1280 g/mol. The van der Waals surface area contributed by atoms with Gasteiger partial charge in [0.1, 0.15) is 24.8 Å². The molecule has 1 aromatic rings. The van der Waals surface area contributed by atoms with Gasteiger partial charge in [-0.25, -0.2) is 13.9 Å². The van der Waals surface area contributed by atoms with E-state index in [2.05, 4.69) is 30.9 Å². The molecular formula is C56H97N9O20P2. The largest absolute Gasteiger partial charge is 0.481 e. The van der Waals surface area contributed by atoms with E-state index in [4.69, 9.17) is 38.5 Å². The Morgan fingerprint density at radius 1 is 0.793 bits per heavy atom. The summed E-state index contributed by atoms with van der Waals surface area (Å²) in [4.78, 5) is 131. The third-order valence-electron chi connectivity index (χ3n) is 15.2. The lowest BCUT2D eigenvalue weighted by Gasteiger charge is -2.41. The van der Waals surface area contributed by atoms with Crippen LogP contribution in [0.4, 0.5) is 0 Å². The molecule has 2 aliphatic heterocycles. The molecule has 3 rings (SSSR count). The van der Waals surface area contributed by atoms with Crippen LogP contribution in [0.15, 0.2) is 30.3 Å². The van der Waals surface area contributed by atoms with Gasteiger partial charge in [-0.1, -0.05) is 85.2 Å². The summed E-state index contributed by atoms with van der Waals surface area (Å²) in [6.45, 7) is 13.9. The van der Waals surface area contributed by atoms with Gasteiger partial charge in [-0.2, -0.15) is 4.31 Å². The minimum absolute atomic E-state index is 0.0201. The number of benzene rings is 1. The number of likely N-dealkylation sites (tertiary alicyclic amines) is 1. The second-order valence-corrected chi connectivity index (χ2v) is 25.7. The van der Waals surface area contributed by atoms with Crippen LogP contribution in [0.5, 0.6) is 0 Å². The molecule has 0 bridgehead atoms. The van der Waals surface area contributed by atoms with Crippen LogP contribution in [0.25, 0.3) is 0 Å². The highest BCUT2D eigenvalue weighted by atomic mass is 31.3. The maximum atomic E-state index is 14.5. The number of nitrogens with zero attached hydrogens (tertiary/aromatic N) is 3. The van der Waals surface area contributed by atoms with Gasteiger partial charge in [-0.15, -0.1) is 0 Å². The monoisotopic (exact) mass is 1280 g/mol. The molecule has 29 nitrogen and oxygen atoms in total. The van der Waals surface area contributed by atoms with Gasteiger partial charge < -0.3 is 75.6 Å². The van der Waals surface area contributed by atoms with Crippen molar-refractivity contribution < 1.29 is 94.3 Å². The van der Waals surface area contributed by atoms with Crippen LogP contribution in [0.3, 0.4) is 0 Å². The van der Waals surface area contributed by atoms with Gasteiger partial charge in [0.25, 0.3) is 0 Å². The summed E-state index contributed by atoms with van der Waals surface area (Å²) < 4.78 is 68.7. The van der Waals surface area contributed by atoms with Crippen molar-refractivity contribution in [2.75, 3.05) is 94.6 Å². The van der Waals surface area contributed by atoms with Crippen molar-refractivity contribution in [3.63, 3.8) is 0 Å². The van der Waals surface area contributed by atoms with Gasteiger partial charge in [0.05, 0.1) is 94.2 Å². The molecule has 2 fully saturated rings. The van der Waals surface area contributed by atoms with Crippen molar-refractivity contribution in [1.29, 1.82) is 0 Å². The summed E-state index contributed by atoms with van der Waals surface area (Å²) in [5.41, 5.74) is 6.06. The maximum Gasteiger partial charge on any atom is 0.481 e. The van der Waals surface area contributed by atoms with Gasteiger partial charge in [0.2, 0.25) is 41.4 Å². The molecule has 0 saturated carbocycles. The van der Waals surface area contributed by atoms with Crippen LogP contribution in [-0.2, 0) is 84.5 Å². The standard InChI is InChI=1S/C56H97N9O20P2/c1-14-36(6)49(64(11)55(72)47(34(2)3)62-54(71)48(35(4)5)63(9)10)43(78-12)32-46(68)65-25-18-21-42(65)50(79-13)37(7)52(69)60-38(8)51(39-19-16-15-17-20-39)84-87(76,77)85-86(74,75)83-28-24-58-45(67)33-81-30-29-80-27-23-59-53(70)40(57)31-44(66)61-41-22-26-82-56(41)73/h15-17,19-20,34-38,40-43,47-51H,14,18,21-33,57H2,1-13H3,(H,58,67)(H,59,70)(H,60,69)(H,61,66)(H,62,71)(H,74,75)(H,76,77)/t36-,37+,38+,40-,41-,42-,43+,47-,48-,49-,50+,51+/m0/s1. The van der Waals surface area contributed by atoms with Gasteiger partial charge >= 0.3 is 21.6 Å². The Morgan fingerprint density at radius 3 is 2.03 bits per heavy atom. The van der Waals surface area contributed by atoms with E-state index in [1.807, 2.05) is 60.5 Å². The lowest BCUT2D eigenvalue weighted by atomic mass is 9.89. The molecule has 0 radical (unpaired) electrons. The summed E-state index contributed by atoms with van der Waals surface area (Å²) in [5, 5.41) is 13.2. The van der Waals surface area contributed by atoms with Crippen LogP contribution in [-0.4, -0.2) is 221 Å². The third-order valence-corrected chi connectivity index (χ3v) is 17.8. The summed E-state index contributed by atoms with van der Waals surface area (Å²) in [7, 11) is -2.60. The van der Waals surface area contributed by atoms with Crippen molar-refractivity contribution in [3.8, 4) is 0 Å².